The fourth-order valence-electron chi connectivity index (χ4n) is 3.86. The summed E-state index contributed by atoms with van der Waals surface area (Å²) in [5, 5.41) is 0.125. The molecule has 1 aromatic heterocycles. The monoisotopic (exact) mass is 382 g/mol. The maximum Gasteiger partial charge on any atom is 0.193 e. The number of aromatic nitrogens is 1. The van der Waals surface area contributed by atoms with Gasteiger partial charge in [0.05, 0.1) is 24.5 Å². The van der Waals surface area contributed by atoms with Crippen LogP contribution in [0.3, 0.4) is 0 Å². The molecule has 0 spiro atoms. The third-order valence-corrected chi connectivity index (χ3v) is 6.46. The van der Waals surface area contributed by atoms with Crippen LogP contribution in [0.15, 0.2) is 17.3 Å². The van der Waals surface area contributed by atoms with E-state index in [1.165, 1.54) is 12.5 Å². The Labute approximate surface area is 156 Å². The maximum atomic E-state index is 11.7. The minimum atomic E-state index is -3.29. The topological polar surface area (TPSA) is 68.7 Å². The molecular formula is C19H30N2O4S. The van der Waals surface area contributed by atoms with Gasteiger partial charge in [-0.05, 0) is 64.1 Å². The first kappa shape index (κ1) is 19.6. The first-order valence-corrected chi connectivity index (χ1v) is 11.4. The molecular weight excluding hydrogens is 352 g/mol. The molecule has 3 rings (SSSR count). The van der Waals surface area contributed by atoms with Gasteiger partial charge in [-0.3, -0.25) is 0 Å². The summed E-state index contributed by atoms with van der Waals surface area (Å²) in [5.74, 6) is 0.648. The van der Waals surface area contributed by atoms with Crippen molar-refractivity contribution in [1.29, 1.82) is 0 Å². The Kier molecular flexibility index (Phi) is 6.20. The van der Waals surface area contributed by atoms with Crippen LogP contribution in [0.4, 0.5) is 0 Å². The number of likely N-dealkylation sites (tertiary alicyclic amines) is 1. The number of piperidine rings is 1. The molecule has 0 unspecified atom stereocenters. The minimum Gasteiger partial charge on any atom is -0.489 e. The average molecular weight is 383 g/mol. The molecule has 146 valence electrons. The van der Waals surface area contributed by atoms with E-state index < -0.39 is 9.84 Å². The zero-order valence-corrected chi connectivity index (χ0v) is 16.8. The number of ether oxygens (including phenoxy) is 2. The molecule has 7 heteroatoms. The van der Waals surface area contributed by atoms with Crippen molar-refractivity contribution >= 4 is 9.84 Å². The van der Waals surface area contributed by atoms with E-state index in [-0.39, 0.29) is 11.1 Å². The molecule has 0 N–H and O–H groups in total. The van der Waals surface area contributed by atoms with Crippen molar-refractivity contribution in [2.24, 2.45) is 0 Å². The van der Waals surface area contributed by atoms with Crippen molar-refractivity contribution in [2.45, 2.75) is 68.8 Å². The Morgan fingerprint density at radius 1 is 1.04 bits per heavy atom. The molecule has 1 saturated heterocycles. The van der Waals surface area contributed by atoms with Crippen molar-refractivity contribution in [3.8, 4) is 5.75 Å². The van der Waals surface area contributed by atoms with Gasteiger partial charge in [0.25, 0.3) is 0 Å². The molecule has 0 atom stereocenters. The van der Waals surface area contributed by atoms with Crippen molar-refractivity contribution in [1.82, 2.24) is 9.88 Å². The van der Waals surface area contributed by atoms with Crippen LogP contribution in [0.2, 0.25) is 0 Å². The Bertz CT molecular complexity index is 706. The van der Waals surface area contributed by atoms with E-state index in [2.05, 4.69) is 16.9 Å². The van der Waals surface area contributed by atoms with E-state index in [4.69, 9.17) is 9.47 Å². The SMILES string of the molecule is Cc1cc(O[C@H]2CC[C@H](OC3CCN(C)CC3)CC2)cnc1S(C)(=O)=O. The fourth-order valence-corrected chi connectivity index (χ4v) is 4.75. The molecule has 1 aliphatic carbocycles. The fraction of sp³-hybridized carbons (Fsp3) is 0.737. The number of sulfone groups is 1. The van der Waals surface area contributed by atoms with Gasteiger partial charge in [-0.15, -0.1) is 0 Å². The summed E-state index contributed by atoms with van der Waals surface area (Å²) in [6.45, 7) is 4.00. The van der Waals surface area contributed by atoms with Gasteiger partial charge in [0, 0.05) is 19.3 Å². The Hall–Kier alpha value is -1.18. The van der Waals surface area contributed by atoms with Crippen molar-refractivity contribution in [3.05, 3.63) is 17.8 Å². The largest absolute Gasteiger partial charge is 0.489 e. The lowest BCUT2D eigenvalue weighted by atomic mass is 9.94. The zero-order chi connectivity index (χ0) is 18.7. The highest BCUT2D eigenvalue weighted by Gasteiger charge is 2.27. The van der Waals surface area contributed by atoms with Crippen LogP contribution in [0.5, 0.6) is 5.75 Å². The number of aryl methyl sites for hydroxylation is 1. The van der Waals surface area contributed by atoms with E-state index in [0.717, 1.165) is 51.6 Å². The molecule has 1 saturated carbocycles. The molecule has 0 aromatic carbocycles. The summed E-state index contributed by atoms with van der Waals surface area (Å²) in [7, 11) is -1.13. The summed E-state index contributed by atoms with van der Waals surface area (Å²) in [5.41, 5.74) is 0.629. The van der Waals surface area contributed by atoms with E-state index in [1.807, 2.05) is 0 Å². The summed E-state index contributed by atoms with van der Waals surface area (Å²) < 4.78 is 35.6. The number of hydrogen-bond acceptors (Lipinski definition) is 6. The van der Waals surface area contributed by atoms with Crippen LogP contribution in [-0.2, 0) is 14.6 Å². The molecule has 26 heavy (non-hydrogen) atoms. The lowest BCUT2D eigenvalue weighted by Crippen LogP contribution is -2.37. The number of nitrogens with zero attached hydrogens (tertiary/aromatic N) is 2. The van der Waals surface area contributed by atoms with Gasteiger partial charge in [0.2, 0.25) is 0 Å². The summed E-state index contributed by atoms with van der Waals surface area (Å²) >= 11 is 0. The molecule has 0 amide bonds. The van der Waals surface area contributed by atoms with Crippen molar-refractivity contribution in [2.75, 3.05) is 26.4 Å². The van der Waals surface area contributed by atoms with Crippen LogP contribution in [0, 0.1) is 6.92 Å². The first-order valence-electron chi connectivity index (χ1n) is 9.48. The molecule has 0 radical (unpaired) electrons. The normalized spacial score (nSPS) is 26.0. The predicted octanol–water partition coefficient (Wildman–Crippen LogP) is 2.59. The molecule has 1 aromatic rings. The predicted molar refractivity (Wildman–Crippen MR) is 100 cm³/mol. The Morgan fingerprint density at radius 3 is 2.19 bits per heavy atom. The number of hydrogen-bond donors (Lipinski definition) is 0. The Morgan fingerprint density at radius 2 is 1.62 bits per heavy atom. The highest BCUT2D eigenvalue weighted by atomic mass is 32.2. The van der Waals surface area contributed by atoms with Crippen LogP contribution in [0.25, 0.3) is 0 Å². The van der Waals surface area contributed by atoms with E-state index in [1.54, 1.807) is 13.0 Å². The maximum absolute atomic E-state index is 11.7. The quantitative estimate of drug-likeness (QED) is 0.780. The second-order valence-corrected chi connectivity index (χ2v) is 9.65. The van der Waals surface area contributed by atoms with Crippen LogP contribution in [-0.4, -0.2) is 63.0 Å². The van der Waals surface area contributed by atoms with Gasteiger partial charge in [0.1, 0.15) is 5.75 Å². The second kappa shape index (κ2) is 8.23. The van der Waals surface area contributed by atoms with Gasteiger partial charge in [-0.25, -0.2) is 13.4 Å². The lowest BCUT2D eigenvalue weighted by Gasteiger charge is -2.35. The molecule has 2 fully saturated rings. The number of pyridine rings is 1. The Balaban J connectivity index is 1.47. The van der Waals surface area contributed by atoms with E-state index in [9.17, 15) is 8.42 Å². The average Bonchev–Trinajstić information content (AvgIpc) is 2.58. The van der Waals surface area contributed by atoms with Crippen molar-refractivity contribution < 1.29 is 17.9 Å². The molecule has 1 aliphatic heterocycles. The first-order chi connectivity index (χ1) is 12.3. The van der Waals surface area contributed by atoms with Gasteiger partial charge >= 0.3 is 0 Å². The van der Waals surface area contributed by atoms with Crippen LogP contribution in [0.1, 0.15) is 44.1 Å². The van der Waals surface area contributed by atoms with Gasteiger partial charge in [-0.2, -0.15) is 0 Å². The van der Waals surface area contributed by atoms with Crippen molar-refractivity contribution in [3.63, 3.8) is 0 Å². The lowest BCUT2D eigenvalue weighted by molar-refractivity contribution is -0.0643. The van der Waals surface area contributed by atoms with E-state index in [0.29, 0.717) is 23.5 Å². The van der Waals surface area contributed by atoms with Crippen LogP contribution < -0.4 is 4.74 Å². The smallest absolute Gasteiger partial charge is 0.193 e. The minimum absolute atomic E-state index is 0.125. The van der Waals surface area contributed by atoms with Gasteiger partial charge in [-0.1, -0.05) is 0 Å². The summed E-state index contributed by atoms with van der Waals surface area (Å²) in [6, 6.07) is 1.77. The zero-order valence-electron chi connectivity index (χ0n) is 16.0. The molecule has 6 nitrogen and oxygen atoms in total. The third-order valence-electron chi connectivity index (χ3n) is 5.33. The van der Waals surface area contributed by atoms with Gasteiger partial charge in [0.15, 0.2) is 14.9 Å². The standard InChI is InChI=1S/C19H30N2O4S/c1-14-12-18(13-20-19(14)26(3,22)23)25-16-6-4-15(5-7-16)24-17-8-10-21(2)11-9-17/h12-13,15-17H,4-11H2,1-3H3/t15-,16-. The number of rotatable bonds is 5. The third kappa shape index (κ3) is 5.18. The molecule has 2 heterocycles. The van der Waals surface area contributed by atoms with Crippen LogP contribution >= 0.6 is 0 Å². The highest BCUT2D eigenvalue weighted by Crippen LogP contribution is 2.28. The molecule has 2 aliphatic rings. The summed E-state index contributed by atoms with van der Waals surface area (Å²) in [6.07, 6.45) is 9.82. The highest BCUT2D eigenvalue weighted by molar-refractivity contribution is 7.90. The molecule has 0 bridgehead atoms. The summed E-state index contributed by atoms with van der Waals surface area (Å²) in [4.78, 5) is 6.43. The van der Waals surface area contributed by atoms with Gasteiger partial charge < -0.3 is 14.4 Å². The van der Waals surface area contributed by atoms with E-state index >= 15 is 0 Å². The second-order valence-electron chi connectivity index (χ2n) is 7.72.